The van der Waals surface area contributed by atoms with E-state index in [0.717, 1.165) is 71.7 Å². The number of rotatable bonds is 1. The number of aliphatic hydroxyl groups is 1. The van der Waals surface area contributed by atoms with Crippen LogP contribution in [0.2, 0.25) is 0 Å². The molecule has 0 aromatic heterocycles. The predicted molar refractivity (Wildman–Crippen MR) is 137 cm³/mol. The second-order valence-corrected chi connectivity index (χ2v) is 8.56. The van der Waals surface area contributed by atoms with Gasteiger partial charge in [-0.1, -0.05) is 12.2 Å². The zero-order chi connectivity index (χ0) is 23.7. The van der Waals surface area contributed by atoms with Crippen molar-refractivity contribution < 1.29 is 14.6 Å². The lowest BCUT2D eigenvalue weighted by molar-refractivity contribution is 0.0295. The minimum Gasteiger partial charge on any atom is -0.397 e. The first kappa shape index (κ1) is 28.6. The van der Waals surface area contributed by atoms with E-state index in [1.54, 1.807) is 20.2 Å². The van der Waals surface area contributed by atoms with E-state index in [2.05, 4.69) is 37.9 Å². The Morgan fingerprint density at radius 1 is 1.16 bits per heavy atom. The molecule has 0 saturated carbocycles. The van der Waals surface area contributed by atoms with Crippen LogP contribution in [0.3, 0.4) is 0 Å². The second-order valence-electron chi connectivity index (χ2n) is 7.90. The molecule has 2 fully saturated rings. The van der Waals surface area contributed by atoms with Crippen molar-refractivity contribution in [1.82, 2.24) is 10.3 Å². The molecule has 4 aliphatic rings. The molecule has 0 aliphatic carbocycles. The van der Waals surface area contributed by atoms with Gasteiger partial charge in [0.15, 0.2) is 5.11 Å². The van der Waals surface area contributed by atoms with Crippen molar-refractivity contribution in [3.05, 3.63) is 0 Å². The van der Waals surface area contributed by atoms with Gasteiger partial charge in [-0.15, -0.1) is 0 Å². The summed E-state index contributed by atoms with van der Waals surface area (Å²) in [5.74, 6) is 0. The fourth-order valence-electron chi connectivity index (χ4n) is 3.52. The number of hydrogen-bond acceptors (Lipinski definition) is 9. The van der Waals surface area contributed by atoms with Crippen molar-refractivity contribution in [1.29, 1.82) is 0 Å². The zero-order valence-electron chi connectivity index (χ0n) is 19.5. The highest BCUT2D eigenvalue weighted by Gasteiger charge is 2.37. The topological polar surface area (TPSA) is 103 Å². The van der Waals surface area contributed by atoms with Gasteiger partial charge in [-0.2, -0.15) is 15.3 Å². The van der Waals surface area contributed by atoms with Crippen LogP contribution in [-0.4, -0.2) is 99.8 Å². The molecule has 4 aliphatic heterocycles. The monoisotopic (exact) mass is 486 g/mol. The number of azo groups is 1. The van der Waals surface area contributed by atoms with Crippen LogP contribution in [0, 0.1) is 10.8 Å². The van der Waals surface area contributed by atoms with E-state index in [1.165, 1.54) is 5.37 Å². The third kappa shape index (κ3) is 10.0. The molecule has 0 radical (unpaired) electrons. The summed E-state index contributed by atoms with van der Waals surface area (Å²) in [6.07, 6.45) is 8.02. The van der Waals surface area contributed by atoms with Crippen LogP contribution in [0.25, 0.3) is 0 Å². The molecule has 4 rings (SSSR count). The van der Waals surface area contributed by atoms with Crippen LogP contribution in [0.1, 0.15) is 32.6 Å². The van der Waals surface area contributed by atoms with E-state index in [4.69, 9.17) is 26.8 Å². The highest BCUT2D eigenvalue weighted by molar-refractivity contribution is 7.80. The van der Waals surface area contributed by atoms with Gasteiger partial charge in [-0.3, -0.25) is 4.99 Å². The van der Waals surface area contributed by atoms with Crippen LogP contribution in [0.5, 0.6) is 0 Å². The summed E-state index contributed by atoms with van der Waals surface area (Å²) in [7, 11) is 3.51. The van der Waals surface area contributed by atoms with Crippen LogP contribution < -0.4 is 5.32 Å². The van der Waals surface area contributed by atoms with Gasteiger partial charge in [0, 0.05) is 75.8 Å². The van der Waals surface area contributed by atoms with Crippen molar-refractivity contribution in [3.8, 4) is 0 Å². The first-order valence-electron chi connectivity index (χ1n) is 11.0. The Morgan fingerprint density at radius 3 is 2.12 bits per heavy atom. The Kier molecular flexibility index (Phi) is 14.5. The first-order chi connectivity index (χ1) is 15.5. The molecule has 4 heterocycles. The van der Waals surface area contributed by atoms with Gasteiger partial charge >= 0.3 is 0 Å². The molecule has 0 aromatic carbocycles. The van der Waals surface area contributed by atoms with Crippen molar-refractivity contribution in [2.24, 2.45) is 31.2 Å². The minimum absolute atomic E-state index is 0.208. The van der Waals surface area contributed by atoms with E-state index >= 15 is 0 Å². The number of hydrazone groups is 1. The lowest BCUT2D eigenvalue weighted by atomic mass is 9.81. The maximum Gasteiger partial charge on any atom is 0.189 e. The summed E-state index contributed by atoms with van der Waals surface area (Å²) in [6, 6.07) is 0. The summed E-state index contributed by atoms with van der Waals surface area (Å²) in [5, 5.41) is 26.9. The maximum atomic E-state index is 7.57. The van der Waals surface area contributed by atoms with Gasteiger partial charge in [-0.25, -0.2) is 5.01 Å². The second kappa shape index (κ2) is 16.2. The molecular formula is C21H38N6O3S2. The number of aliphatic imine (C=N–C) groups is 1. The standard InChI is InChI=1S/C9H15N3OS.C7H12N2O.C3H5NS.C2H6O/c1-10-8(14)12-7-9(6-11-12)2-4-13-5-3-9;1-3-10-4-2-7(1)5-8-9-6-7;1-4-2-3-5;1-2-3/h6H,2-5,7H2,1H3,(H,10,14);1-6H2;2-3H,1H3;3H,2H2,1H3. The Bertz CT molecular complexity index is 623. The molecule has 9 nitrogen and oxygen atoms in total. The summed E-state index contributed by atoms with van der Waals surface area (Å²) >= 11 is 9.51. The molecule has 2 N–H and O–H groups in total. The maximum absolute atomic E-state index is 7.57. The average Bonchev–Trinajstić information content (AvgIpc) is 3.44. The Labute approximate surface area is 202 Å². The van der Waals surface area contributed by atoms with E-state index in [9.17, 15) is 0 Å². The molecule has 0 bridgehead atoms. The molecule has 0 atom stereocenters. The first-order valence-corrected chi connectivity index (χ1v) is 11.9. The molecule has 0 aromatic rings. The molecule has 182 valence electrons. The number of hydrogen-bond donors (Lipinski definition) is 2. The van der Waals surface area contributed by atoms with Crippen LogP contribution >= 0.6 is 24.4 Å². The molecule has 2 saturated heterocycles. The number of thiocarbonyl (C=S) groups is 2. The fraction of sp³-hybridized carbons (Fsp3) is 0.810. The van der Waals surface area contributed by atoms with Crippen LogP contribution in [0.15, 0.2) is 20.3 Å². The highest BCUT2D eigenvalue weighted by Crippen LogP contribution is 2.34. The van der Waals surface area contributed by atoms with E-state index < -0.39 is 0 Å². The Balaban J connectivity index is 0.000000248. The molecule has 0 unspecified atom stereocenters. The zero-order valence-corrected chi connectivity index (χ0v) is 21.2. The van der Waals surface area contributed by atoms with Gasteiger partial charge in [0.25, 0.3) is 0 Å². The quantitative estimate of drug-likeness (QED) is 0.434. The number of nitrogens with one attached hydrogen (secondary N) is 1. The molecular weight excluding hydrogens is 448 g/mol. The predicted octanol–water partition coefficient (Wildman–Crippen LogP) is 2.52. The summed E-state index contributed by atoms with van der Waals surface area (Å²) in [5.41, 5.74) is 0.622. The van der Waals surface area contributed by atoms with E-state index in [0.29, 0.717) is 10.5 Å². The smallest absolute Gasteiger partial charge is 0.189 e. The highest BCUT2D eigenvalue weighted by atomic mass is 32.1. The van der Waals surface area contributed by atoms with Gasteiger partial charge in [-0.05, 0) is 44.8 Å². The van der Waals surface area contributed by atoms with Crippen molar-refractivity contribution in [2.45, 2.75) is 32.6 Å². The number of aliphatic hydroxyl groups excluding tert-OH is 1. The third-order valence-corrected chi connectivity index (χ3v) is 6.08. The summed E-state index contributed by atoms with van der Waals surface area (Å²) < 4.78 is 10.6. The van der Waals surface area contributed by atoms with Crippen molar-refractivity contribution in [3.63, 3.8) is 0 Å². The van der Waals surface area contributed by atoms with Crippen molar-refractivity contribution in [2.75, 3.05) is 66.8 Å². The lowest BCUT2D eigenvalue weighted by Gasteiger charge is -2.31. The van der Waals surface area contributed by atoms with Gasteiger partial charge in [0.2, 0.25) is 0 Å². The summed E-state index contributed by atoms with van der Waals surface area (Å²) in [6.45, 7) is 8.21. The minimum atomic E-state index is 0.208. The molecule has 2 spiro atoms. The normalized spacial score (nSPS) is 21.8. The van der Waals surface area contributed by atoms with E-state index in [1.807, 2.05) is 18.3 Å². The van der Waals surface area contributed by atoms with Gasteiger partial charge in [0.05, 0.1) is 19.6 Å². The van der Waals surface area contributed by atoms with Crippen LogP contribution in [0.4, 0.5) is 0 Å². The van der Waals surface area contributed by atoms with Gasteiger partial charge < -0.3 is 19.9 Å². The molecule has 11 heteroatoms. The van der Waals surface area contributed by atoms with Gasteiger partial charge in [0.1, 0.15) is 0 Å². The lowest BCUT2D eigenvalue weighted by Crippen LogP contribution is -2.40. The molecule has 0 amide bonds. The van der Waals surface area contributed by atoms with Crippen molar-refractivity contribution >= 4 is 47.3 Å². The summed E-state index contributed by atoms with van der Waals surface area (Å²) in [4.78, 5) is 3.57. The number of nitrogens with zero attached hydrogens (tertiary/aromatic N) is 5. The van der Waals surface area contributed by atoms with E-state index in [-0.39, 0.29) is 12.0 Å². The average molecular weight is 487 g/mol. The largest absolute Gasteiger partial charge is 0.397 e. The molecule has 32 heavy (non-hydrogen) atoms. The Hall–Kier alpha value is -1.40. The van der Waals surface area contributed by atoms with Crippen LogP contribution in [-0.2, 0) is 9.47 Å². The SMILES string of the molecule is C1CC2(CCO1)CN=NC2.CCO.CN=CC=S.CNC(=S)N1CC2(C=N1)CCOCC2. The third-order valence-electron chi connectivity index (χ3n) is 5.55. The number of ether oxygens (including phenoxy) is 2. The fourth-order valence-corrected chi connectivity index (χ4v) is 3.76. The Morgan fingerprint density at radius 2 is 1.69 bits per heavy atom.